The van der Waals surface area contributed by atoms with Gasteiger partial charge in [0, 0.05) is 24.0 Å². The number of aryl methyl sites for hydroxylation is 1. The lowest BCUT2D eigenvalue weighted by Crippen LogP contribution is -2.17. The summed E-state index contributed by atoms with van der Waals surface area (Å²) in [5.74, 6) is -0.475. The molecule has 27 heavy (non-hydrogen) atoms. The Labute approximate surface area is 155 Å². The summed E-state index contributed by atoms with van der Waals surface area (Å²) in [5.41, 5.74) is 2.23. The molecule has 0 bridgehead atoms. The SMILES string of the molecule is OC(CNc1nc(-c2ccccn2)nc2c1CCC2)c1c(F)cccc1F. The molecule has 2 N–H and O–H groups in total. The van der Waals surface area contributed by atoms with Gasteiger partial charge in [-0.1, -0.05) is 12.1 Å². The first kappa shape index (κ1) is 17.5. The largest absolute Gasteiger partial charge is 0.386 e. The predicted octanol–water partition coefficient (Wildman–Crippen LogP) is 3.45. The van der Waals surface area contributed by atoms with E-state index in [4.69, 9.17) is 0 Å². The van der Waals surface area contributed by atoms with Gasteiger partial charge in [0.25, 0.3) is 0 Å². The monoisotopic (exact) mass is 368 g/mol. The van der Waals surface area contributed by atoms with Gasteiger partial charge >= 0.3 is 0 Å². The highest BCUT2D eigenvalue weighted by molar-refractivity contribution is 5.57. The number of nitrogens with zero attached hydrogens (tertiary/aromatic N) is 3. The molecule has 0 radical (unpaired) electrons. The Morgan fingerprint density at radius 3 is 2.59 bits per heavy atom. The standard InChI is InChI=1S/C20H18F2N4O/c21-13-6-4-7-14(22)18(13)17(27)11-24-19-12-5-3-9-15(12)25-20(26-19)16-8-1-2-10-23-16/h1-2,4,6-8,10,17,27H,3,5,9,11H2,(H,24,25,26). The summed E-state index contributed by atoms with van der Waals surface area (Å²) in [6, 6.07) is 9.02. The van der Waals surface area contributed by atoms with Gasteiger partial charge in [-0.05, 0) is 43.5 Å². The van der Waals surface area contributed by atoms with Crippen LogP contribution < -0.4 is 5.32 Å². The summed E-state index contributed by atoms with van der Waals surface area (Å²) in [7, 11) is 0. The van der Waals surface area contributed by atoms with Crippen molar-refractivity contribution in [2.75, 3.05) is 11.9 Å². The lowest BCUT2D eigenvalue weighted by molar-refractivity contribution is 0.181. The van der Waals surface area contributed by atoms with Crippen LogP contribution in [0.4, 0.5) is 14.6 Å². The average Bonchev–Trinajstić information content (AvgIpc) is 3.15. The molecule has 0 aliphatic heterocycles. The number of rotatable bonds is 5. The van der Waals surface area contributed by atoms with Gasteiger partial charge in [-0.2, -0.15) is 0 Å². The molecular weight excluding hydrogens is 350 g/mol. The van der Waals surface area contributed by atoms with Crippen LogP contribution in [0.15, 0.2) is 42.6 Å². The quantitative estimate of drug-likeness (QED) is 0.722. The number of hydrogen-bond acceptors (Lipinski definition) is 5. The van der Waals surface area contributed by atoms with E-state index < -0.39 is 17.7 Å². The number of nitrogens with one attached hydrogen (secondary N) is 1. The molecular formula is C20H18F2N4O. The third kappa shape index (κ3) is 3.50. The number of hydrogen-bond donors (Lipinski definition) is 2. The van der Waals surface area contributed by atoms with Gasteiger partial charge in [0.2, 0.25) is 0 Å². The first-order valence-corrected chi connectivity index (χ1v) is 8.80. The second-order valence-corrected chi connectivity index (χ2v) is 6.42. The molecule has 1 aliphatic carbocycles. The van der Waals surface area contributed by atoms with E-state index in [-0.39, 0.29) is 12.1 Å². The molecule has 138 valence electrons. The Balaban J connectivity index is 1.61. The van der Waals surface area contributed by atoms with Crippen molar-refractivity contribution in [3.05, 3.63) is 71.1 Å². The van der Waals surface area contributed by atoms with Gasteiger partial charge in [-0.25, -0.2) is 18.7 Å². The van der Waals surface area contributed by atoms with Gasteiger partial charge in [-0.15, -0.1) is 0 Å². The number of aromatic nitrogens is 3. The maximum Gasteiger partial charge on any atom is 0.180 e. The van der Waals surface area contributed by atoms with Crippen LogP contribution in [0.2, 0.25) is 0 Å². The molecule has 1 unspecified atom stereocenters. The topological polar surface area (TPSA) is 70.9 Å². The van der Waals surface area contributed by atoms with Crippen LogP contribution >= 0.6 is 0 Å². The molecule has 4 rings (SSSR count). The van der Waals surface area contributed by atoms with Crippen LogP contribution in [-0.2, 0) is 12.8 Å². The number of anilines is 1. The minimum atomic E-state index is -1.34. The number of aliphatic hydroxyl groups is 1. The second kappa shape index (κ2) is 7.36. The smallest absolute Gasteiger partial charge is 0.180 e. The van der Waals surface area contributed by atoms with Gasteiger partial charge < -0.3 is 10.4 Å². The zero-order valence-corrected chi connectivity index (χ0v) is 14.5. The molecule has 0 amide bonds. The van der Waals surface area contributed by atoms with Gasteiger partial charge in [0.15, 0.2) is 5.82 Å². The number of benzene rings is 1. The highest BCUT2D eigenvalue weighted by atomic mass is 19.1. The lowest BCUT2D eigenvalue weighted by atomic mass is 10.1. The Morgan fingerprint density at radius 2 is 1.85 bits per heavy atom. The van der Waals surface area contributed by atoms with Crippen molar-refractivity contribution >= 4 is 5.82 Å². The van der Waals surface area contributed by atoms with E-state index in [2.05, 4.69) is 20.3 Å². The van der Waals surface area contributed by atoms with Crippen LogP contribution in [0.1, 0.15) is 29.3 Å². The summed E-state index contributed by atoms with van der Waals surface area (Å²) in [6.07, 6.45) is 2.97. The number of halogens is 2. The van der Waals surface area contributed by atoms with E-state index in [0.717, 1.165) is 42.7 Å². The first-order valence-electron chi connectivity index (χ1n) is 8.80. The molecule has 1 atom stereocenters. The van der Waals surface area contributed by atoms with Crippen LogP contribution in [0.25, 0.3) is 11.5 Å². The normalized spacial score (nSPS) is 14.0. The van der Waals surface area contributed by atoms with Crippen LogP contribution in [0.3, 0.4) is 0 Å². The van der Waals surface area contributed by atoms with E-state index in [1.165, 1.54) is 6.07 Å². The number of fused-ring (bicyclic) bond motifs is 1. The molecule has 0 saturated heterocycles. The number of aliphatic hydroxyl groups excluding tert-OH is 1. The summed E-state index contributed by atoms with van der Waals surface area (Å²) >= 11 is 0. The minimum Gasteiger partial charge on any atom is -0.386 e. The van der Waals surface area contributed by atoms with E-state index in [1.807, 2.05) is 18.2 Å². The lowest BCUT2D eigenvalue weighted by Gasteiger charge is -2.16. The van der Waals surface area contributed by atoms with Crippen molar-refractivity contribution in [2.24, 2.45) is 0 Å². The first-order chi connectivity index (χ1) is 13.1. The van der Waals surface area contributed by atoms with E-state index in [9.17, 15) is 13.9 Å². The predicted molar refractivity (Wildman–Crippen MR) is 97.1 cm³/mol. The van der Waals surface area contributed by atoms with E-state index in [1.54, 1.807) is 6.20 Å². The van der Waals surface area contributed by atoms with Crippen molar-refractivity contribution in [3.8, 4) is 11.5 Å². The average molecular weight is 368 g/mol. The molecule has 1 aromatic carbocycles. The van der Waals surface area contributed by atoms with Gasteiger partial charge in [-0.3, -0.25) is 4.98 Å². The third-order valence-corrected chi connectivity index (χ3v) is 4.62. The zero-order valence-electron chi connectivity index (χ0n) is 14.5. The summed E-state index contributed by atoms with van der Waals surface area (Å²) < 4.78 is 27.7. The van der Waals surface area contributed by atoms with Gasteiger partial charge in [0.1, 0.15) is 29.3 Å². The van der Waals surface area contributed by atoms with Crippen molar-refractivity contribution in [1.29, 1.82) is 0 Å². The Morgan fingerprint density at radius 1 is 1.04 bits per heavy atom. The van der Waals surface area contributed by atoms with Crippen LogP contribution in [0.5, 0.6) is 0 Å². The zero-order chi connectivity index (χ0) is 18.8. The van der Waals surface area contributed by atoms with Crippen molar-refractivity contribution < 1.29 is 13.9 Å². The van der Waals surface area contributed by atoms with E-state index in [0.29, 0.717) is 17.3 Å². The molecule has 2 aromatic heterocycles. The summed E-state index contributed by atoms with van der Waals surface area (Å²) in [5, 5.41) is 13.3. The molecule has 0 spiro atoms. The van der Waals surface area contributed by atoms with Crippen molar-refractivity contribution in [2.45, 2.75) is 25.4 Å². The molecule has 3 aromatic rings. The molecule has 7 heteroatoms. The third-order valence-electron chi connectivity index (χ3n) is 4.62. The fourth-order valence-corrected chi connectivity index (χ4v) is 3.31. The van der Waals surface area contributed by atoms with Crippen molar-refractivity contribution in [1.82, 2.24) is 15.0 Å². The Kier molecular flexibility index (Phi) is 4.77. The number of pyridine rings is 1. The second-order valence-electron chi connectivity index (χ2n) is 6.42. The van der Waals surface area contributed by atoms with Crippen LogP contribution in [0, 0.1) is 11.6 Å². The Bertz CT molecular complexity index is 945. The molecule has 0 saturated carbocycles. The molecule has 5 nitrogen and oxygen atoms in total. The van der Waals surface area contributed by atoms with Gasteiger partial charge in [0.05, 0.1) is 5.56 Å². The summed E-state index contributed by atoms with van der Waals surface area (Å²) in [6.45, 7) is -0.0665. The fraction of sp³-hybridized carbons (Fsp3) is 0.250. The van der Waals surface area contributed by atoms with E-state index >= 15 is 0 Å². The molecule has 1 aliphatic rings. The van der Waals surface area contributed by atoms with Crippen molar-refractivity contribution in [3.63, 3.8) is 0 Å². The maximum atomic E-state index is 13.9. The summed E-state index contributed by atoms with van der Waals surface area (Å²) in [4.78, 5) is 13.4. The molecule has 2 heterocycles. The Hall–Kier alpha value is -2.93. The highest BCUT2D eigenvalue weighted by Crippen LogP contribution is 2.29. The van der Waals surface area contributed by atoms with Crippen LogP contribution in [-0.4, -0.2) is 26.6 Å². The molecule has 0 fully saturated rings. The highest BCUT2D eigenvalue weighted by Gasteiger charge is 2.22. The maximum absolute atomic E-state index is 13.9. The fourth-order valence-electron chi connectivity index (χ4n) is 3.31. The minimum absolute atomic E-state index is 0.0665.